The van der Waals surface area contributed by atoms with Crippen LogP contribution in [-0.2, 0) is 0 Å². The van der Waals surface area contributed by atoms with Gasteiger partial charge in [0.25, 0.3) is 5.91 Å². The molecule has 5 nitrogen and oxygen atoms in total. The van der Waals surface area contributed by atoms with Gasteiger partial charge in [0.2, 0.25) is 0 Å². The SMILES string of the molecule is O=C(N[C@@H]1C=C[C@H](O)[C@@H](O)[C@H]1O)c1ccccc1. The highest BCUT2D eigenvalue weighted by Crippen LogP contribution is 2.14. The molecule has 1 aliphatic rings. The number of carbonyl (C=O) groups excluding carboxylic acids is 1. The molecule has 2 rings (SSSR count). The van der Waals surface area contributed by atoms with Crippen molar-refractivity contribution in [2.24, 2.45) is 0 Å². The number of nitrogens with one attached hydrogen (secondary N) is 1. The summed E-state index contributed by atoms with van der Waals surface area (Å²) in [4.78, 5) is 11.8. The first-order valence-electron chi connectivity index (χ1n) is 5.68. The predicted molar refractivity (Wildman–Crippen MR) is 64.9 cm³/mol. The van der Waals surface area contributed by atoms with Gasteiger partial charge in [-0.05, 0) is 12.1 Å². The largest absolute Gasteiger partial charge is 0.388 e. The van der Waals surface area contributed by atoms with Crippen LogP contribution in [0.15, 0.2) is 42.5 Å². The first-order valence-corrected chi connectivity index (χ1v) is 5.68. The molecule has 0 saturated heterocycles. The molecular weight excluding hydrogens is 234 g/mol. The third-order valence-corrected chi connectivity index (χ3v) is 2.92. The first-order chi connectivity index (χ1) is 8.59. The number of hydrogen-bond donors (Lipinski definition) is 4. The van der Waals surface area contributed by atoms with Crippen molar-refractivity contribution in [1.29, 1.82) is 0 Å². The normalized spacial score (nSPS) is 31.1. The summed E-state index contributed by atoms with van der Waals surface area (Å²) in [5, 5.41) is 31.1. The second kappa shape index (κ2) is 5.30. The van der Waals surface area contributed by atoms with E-state index in [1.807, 2.05) is 0 Å². The Balaban J connectivity index is 2.06. The number of aliphatic hydroxyl groups is 3. The van der Waals surface area contributed by atoms with Gasteiger partial charge in [-0.25, -0.2) is 0 Å². The van der Waals surface area contributed by atoms with E-state index < -0.39 is 24.4 Å². The lowest BCUT2D eigenvalue weighted by Crippen LogP contribution is -2.53. The highest BCUT2D eigenvalue weighted by atomic mass is 16.4. The van der Waals surface area contributed by atoms with Crippen LogP contribution >= 0.6 is 0 Å². The van der Waals surface area contributed by atoms with E-state index in [9.17, 15) is 20.1 Å². The summed E-state index contributed by atoms with van der Waals surface area (Å²) in [5.41, 5.74) is 0.471. The first kappa shape index (κ1) is 12.8. The Bertz CT molecular complexity index is 446. The molecule has 1 aromatic rings. The molecule has 0 aromatic heterocycles. The third-order valence-electron chi connectivity index (χ3n) is 2.92. The Morgan fingerprint density at radius 3 is 2.33 bits per heavy atom. The van der Waals surface area contributed by atoms with Crippen molar-refractivity contribution >= 4 is 5.91 Å². The number of benzene rings is 1. The summed E-state index contributed by atoms with van der Waals surface area (Å²) in [6.07, 6.45) is -0.797. The van der Waals surface area contributed by atoms with Gasteiger partial charge in [-0.3, -0.25) is 4.79 Å². The molecule has 0 bridgehead atoms. The molecule has 4 N–H and O–H groups in total. The van der Waals surface area contributed by atoms with Crippen LogP contribution in [0.3, 0.4) is 0 Å². The number of carbonyl (C=O) groups is 1. The van der Waals surface area contributed by atoms with Crippen molar-refractivity contribution in [3.05, 3.63) is 48.0 Å². The molecule has 0 spiro atoms. The van der Waals surface area contributed by atoms with E-state index >= 15 is 0 Å². The topological polar surface area (TPSA) is 89.8 Å². The molecule has 0 radical (unpaired) electrons. The maximum absolute atomic E-state index is 11.8. The maximum atomic E-state index is 11.8. The van der Waals surface area contributed by atoms with Crippen molar-refractivity contribution in [1.82, 2.24) is 5.32 Å². The molecule has 0 unspecified atom stereocenters. The van der Waals surface area contributed by atoms with Crippen LogP contribution in [0.5, 0.6) is 0 Å². The fraction of sp³-hybridized carbons (Fsp3) is 0.308. The van der Waals surface area contributed by atoms with Gasteiger partial charge < -0.3 is 20.6 Å². The lowest BCUT2D eigenvalue weighted by molar-refractivity contribution is -0.0554. The second-order valence-electron chi connectivity index (χ2n) is 4.22. The van der Waals surface area contributed by atoms with Gasteiger partial charge in [-0.2, -0.15) is 0 Å². The zero-order valence-electron chi connectivity index (χ0n) is 9.60. The Labute approximate surface area is 104 Å². The van der Waals surface area contributed by atoms with Gasteiger partial charge in [0.15, 0.2) is 0 Å². The standard InChI is InChI=1S/C13H15NO4/c15-10-7-6-9(11(16)12(10)17)14-13(18)8-4-2-1-3-5-8/h1-7,9-12,15-17H,(H,14,18)/t9-,10+,11+,12-/m1/s1. The summed E-state index contributed by atoms with van der Waals surface area (Å²) < 4.78 is 0. The molecule has 1 aromatic carbocycles. The average molecular weight is 249 g/mol. The van der Waals surface area contributed by atoms with Crippen molar-refractivity contribution in [3.63, 3.8) is 0 Å². The summed E-state index contributed by atoms with van der Waals surface area (Å²) in [6.45, 7) is 0. The smallest absolute Gasteiger partial charge is 0.251 e. The highest BCUT2D eigenvalue weighted by Gasteiger charge is 2.33. The molecule has 0 saturated carbocycles. The molecule has 0 heterocycles. The molecule has 1 amide bonds. The van der Waals surface area contributed by atoms with Crippen LogP contribution in [0.25, 0.3) is 0 Å². The summed E-state index contributed by atoms with van der Waals surface area (Å²) in [5.74, 6) is -0.340. The number of rotatable bonds is 2. The lowest BCUT2D eigenvalue weighted by Gasteiger charge is -2.31. The number of aliphatic hydroxyl groups excluding tert-OH is 3. The van der Waals surface area contributed by atoms with Crippen molar-refractivity contribution in [2.75, 3.05) is 0 Å². The minimum absolute atomic E-state index is 0.340. The van der Waals surface area contributed by atoms with Gasteiger partial charge >= 0.3 is 0 Å². The van der Waals surface area contributed by atoms with Crippen LogP contribution in [0.1, 0.15) is 10.4 Å². The van der Waals surface area contributed by atoms with E-state index in [4.69, 9.17) is 0 Å². The van der Waals surface area contributed by atoms with Crippen molar-refractivity contribution < 1.29 is 20.1 Å². The van der Waals surface area contributed by atoms with Gasteiger partial charge in [0.1, 0.15) is 18.3 Å². The van der Waals surface area contributed by atoms with Crippen LogP contribution in [0.4, 0.5) is 0 Å². The molecule has 96 valence electrons. The van der Waals surface area contributed by atoms with Crippen LogP contribution in [0, 0.1) is 0 Å². The lowest BCUT2D eigenvalue weighted by atomic mass is 9.94. The van der Waals surface area contributed by atoms with E-state index in [0.717, 1.165) is 0 Å². The zero-order chi connectivity index (χ0) is 13.1. The minimum Gasteiger partial charge on any atom is -0.388 e. The van der Waals surface area contributed by atoms with Crippen LogP contribution < -0.4 is 5.32 Å². The summed E-state index contributed by atoms with van der Waals surface area (Å²) >= 11 is 0. The quantitative estimate of drug-likeness (QED) is 0.529. The zero-order valence-corrected chi connectivity index (χ0v) is 9.60. The second-order valence-corrected chi connectivity index (χ2v) is 4.22. The average Bonchev–Trinajstić information content (AvgIpc) is 2.40. The number of hydrogen-bond acceptors (Lipinski definition) is 4. The Morgan fingerprint density at radius 1 is 1.00 bits per heavy atom. The molecule has 0 fully saturated rings. The fourth-order valence-electron chi connectivity index (χ4n) is 1.83. The molecular formula is C13H15NO4. The predicted octanol–water partition coefficient (Wildman–Crippen LogP) is -0.563. The summed E-state index contributed by atoms with van der Waals surface area (Å²) in [6, 6.07) is 7.86. The van der Waals surface area contributed by atoms with Gasteiger partial charge in [0.05, 0.1) is 6.04 Å². The van der Waals surface area contributed by atoms with E-state index in [0.29, 0.717) is 5.56 Å². The third kappa shape index (κ3) is 2.59. The highest BCUT2D eigenvalue weighted by molar-refractivity contribution is 5.94. The van der Waals surface area contributed by atoms with E-state index in [1.54, 1.807) is 30.3 Å². The van der Waals surface area contributed by atoms with E-state index in [1.165, 1.54) is 12.2 Å². The van der Waals surface area contributed by atoms with Gasteiger partial charge in [-0.1, -0.05) is 30.4 Å². The van der Waals surface area contributed by atoms with E-state index in [-0.39, 0.29) is 5.91 Å². The number of amides is 1. The monoisotopic (exact) mass is 249 g/mol. The molecule has 0 aliphatic heterocycles. The van der Waals surface area contributed by atoms with Gasteiger partial charge in [-0.15, -0.1) is 0 Å². The van der Waals surface area contributed by atoms with Gasteiger partial charge in [0, 0.05) is 5.56 Å². The van der Waals surface area contributed by atoms with Crippen LogP contribution in [0.2, 0.25) is 0 Å². The van der Waals surface area contributed by atoms with Crippen molar-refractivity contribution in [3.8, 4) is 0 Å². The molecule has 4 atom stereocenters. The molecule has 18 heavy (non-hydrogen) atoms. The maximum Gasteiger partial charge on any atom is 0.251 e. The molecule has 1 aliphatic carbocycles. The van der Waals surface area contributed by atoms with E-state index in [2.05, 4.69) is 5.32 Å². The summed E-state index contributed by atoms with van der Waals surface area (Å²) in [7, 11) is 0. The Hall–Kier alpha value is -1.69. The fourth-order valence-corrected chi connectivity index (χ4v) is 1.83. The van der Waals surface area contributed by atoms with Crippen molar-refractivity contribution in [2.45, 2.75) is 24.4 Å². The Morgan fingerprint density at radius 2 is 1.67 bits per heavy atom. The van der Waals surface area contributed by atoms with Crippen LogP contribution in [-0.4, -0.2) is 45.6 Å². The molecule has 5 heteroatoms. The Kier molecular flexibility index (Phi) is 3.76. The minimum atomic E-state index is -1.30.